The fourth-order valence-corrected chi connectivity index (χ4v) is 2.89. The third-order valence-electron chi connectivity index (χ3n) is 2.42. The molecule has 94 valence electrons. The van der Waals surface area contributed by atoms with E-state index >= 15 is 0 Å². The van der Waals surface area contributed by atoms with Crippen LogP contribution in [0.2, 0.25) is 5.02 Å². The summed E-state index contributed by atoms with van der Waals surface area (Å²) in [5.74, 6) is 1.19. The molecule has 0 saturated heterocycles. The zero-order valence-corrected chi connectivity index (χ0v) is 11.7. The number of halogens is 1. The van der Waals surface area contributed by atoms with Gasteiger partial charge in [-0.3, -0.25) is 4.98 Å². The van der Waals surface area contributed by atoms with E-state index in [4.69, 9.17) is 17.3 Å². The number of nitrogens with two attached hydrogens (primary N) is 1. The molecule has 0 saturated carbocycles. The van der Waals surface area contributed by atoms with Gasteiger partial charge in [0.25, 0.3) is 0 Å². The molecule has 2 N–H and O–H groups in total. The first-order chi connectivity index (χ1) is 8.56. The Morgan fingerprint density at radius 2 is 2.06 bits per heavy atom. The number of aryl methyl sites for hydroxylation is 2. The highest BCUT2D eigenvalue weighted by Crippen LogP contribution is 2.26. The van der Waals surface area contributed by atoms with Crippen molar-refractivity contribution in [2.24, 2.45) is 0 Å². The molecule has 0 aromatic carbocycles. The standard InChI is InChI=1S/C12H13ClN4S/c1-7-4-15-5-10(13)9(7)6-18-12-16-8(2)3-11(14)17-12/h3-5H,6H2,1-2H3,(H2,14,16,17). The highest BCUT2D eigenvalue weighted by Gasteiger charge is 2.07. The van der Waals surface area contributed by atoms with Gasteiger partial charge in [-0.05, 0) is 25.0 Å². The molecule has 0 spiro atoms. The Labute approximate surface area is 115 Å². The van der Waals surface area contributed by atoms with Crippen LogP contribution < -0.4 is 5.73 Å². The Hall–Kier alpha value is -1.33. The second-order valence-corrected chi connectivity index (χ2v) is 5.27. The van der Waals surface area contributed by atoms with Crippen LogP contribution in [-0.4, -0.2) is 15.0 Å². The highest BCUT2D eigenvalue weighted by atomic mass is 35.5. The van der Waals surface area contributed by atoms with Crippen LogP contribution in [0.4, 0.5) is 5.82 Å². The van der Waals surface area contributed by atoms with Crippen molar-refractivity contribution in [3.8, 4) is 0 Å². The number of anilines is 1. The summed E-state index contributed by atoms with van der Waals surface area (Å²) in [6.07, 6.45) is 3.45. The van der Waals surface area contributed by atoms with E-state index in [1.165, 1.54) is 11.8 Å². The molecule has 6 heteroatoms. The monoisotopic (exact) mass is 280 g/mol. The average molecular weight is 281 g/mol. The van der Waals surface area contributed by atoms with Gasteiger partial charge < -0.3 is 5.73 Å². The van der Waals surface area contributed by atoms with Crippen LogP contribution in [0.15, 0.2) is 23.6 Å². The van der Waals surface area contributed by atoms with Gasteiger partial charge in [0.05, 0.1) is 5.02 Å². The SMILES string of the molecule is Cc1cc(N)nc(SCc2c(C)cncc2Cl)n1. The van der Waals surface area contributed by atoms with Gasteiger partial charge in [-0.15, -0.1) is 0 Å². The Balaban J connectivity index is 2.16. The molecule has 0 fully saturated rings. The first kappa shape index (κ1) is 13.1. The molecule has 2 heterocycles. The third kappa shape index (κ3) is 3.11. The maximum Gasteiger partial charge on any atom is 0.190 e. The van der Waals surface area contributed by atoms with Crippen molar-refractivity contribution >= 4 is 29.2 Å². The molecule has 2 aromatic rings. The maximum absolute atomic E-state index is 6.12. The topological polar surface area (TPSA) is 64.7 Å². The van der Waals surface area contributed by atoms with Gasteiger partial charge >= 0.3 is 0 Å². The molecule has 0 atom stereocenters. The molecule has 0 aliphatic rings. The number of pyridine rings is 1. The fourth-order valence-electron chi connectivity index (χ4n) is 1.51. The lowest BCUT2D eigenvalue weighted by Crippen LogP contribution is -1.97. The van der Waals surface area contributed by atoms with Crippen LogP contribution in [0.1, 0.15) is 16.8 Å². The highest BCUT2D eigenvalue weighted by molar-refractivity contribution is 7.98. The summed E-state index contributed by atoms with van der Waals surface area (Å²) in [6.45, 7) is 3.88. The Kier molecular flexibility index (Phi) is 4.04. The fraction of sp³-hybridized carbons (Fsp3) is 0.250. The van der Waals surface area contributed by atoms with Gasteiger partial charge in [0, 0.05) is 29.9 Å². The summed E-state index contributed by atoms with van der Waals surface area (Å²) >= 11 is 7.63. The third-order valence-corrected chi connectivity index (χ3v) is 3.62. The summed E-state index contributed by atoms with van der Waals surface area (Å²) in [6, 6.07) is 1.74. The number of aromatic nitrogens is 3. The first-order valence-electron chi connectivity index (χ1n) is 5.39. The number of hydrogen-bond acceptors (Lipinski definition) is 5. The van der Waals surface area contributed by atoms with E-state index in [0.29, 0.717) is 21.7 Å². The Bertz CT molecular complexity index is 533. The summed E-state index contributed by atoms with van der Waals surface area (Å²) in [4.78, 5) is 12.5. The molecule has 0 aliphatic heterocycles. The predicted octanol–water partition coefficient (Wildman–Crippen LogP) is 3.02. The van der Waals surface area contributed by atoms with Gasteiger partial charge in [0.1, 0.15) is 5.82 Å². The molecule has 0 aliphatic carbocycles. The molecule has 4 nitrogen and oxygen atoms in total. The quantitative estimate of drug-likeness (QED) is 0.691. The van der Waals surface area contributed by atoms with Gasteiger partial charge in [-0.25, -0.2) is 9.97 Å². The van der Waals surface area contributed by atoms with Crippen LogP contribution >= 0.6 is 23.4 Å². The van der Waals surface area contributed by atoms with Gasteiger partial charge in [0.15, 0.2) is 5.16 Å². The lowest BCUT2D eigenvalue weighted by molar-refractivity contribution is 0.940. The largest absolute Gasteiger partial charge is 0.384 e. The molecule has 2 rings (SSSR count). The number of rotatable bonds is 3. The maximum atomic E-state index is 6.12. The van der Waals surface area contributed by atoms with Gasteiger partial charge in [-0.2, -0.15) is 0 Å². The molecule has 0 bridgehead atoms. The van der Waals surface area contributed by atoms with Crippen LogP contribution in [0.3, 0.4) is 0 Å². The summed E-state index contributed by atoms with van der Waals surface area (Å²) in [5.41, 5.74) is 8.67. The van der Waals surface area contributed by atoms with Gasteiger partial charge in [-0.1, -0.05) is 23.4 Å². The van der Waals surface area contributed by atoms with Crippen molar-refractivity contribution in [2.45, 2.75) is 24.8 Å². The molecule has 18 heavy (non-hydrogen) atoms. The minimum absolute atomic E-state index is 0.488. The van der Waals surface area contributed by atoms with Crippen LogP contribution in [-0.2, 0) is 5.75 Å². The van der Waals surface area contributed by atoms with Crippen molar-refractivity contribution in [1.29, 1.82) is 0 Å². The smallest absolute Gasteiger partial charge is 0.190 e. The molecular weight excluding hydrogens is 268 g/mol. The van der Waals surface area contributed by atoms with Crippen LogP contribution in [0, 0.1) is 13.8 Å². The molecular formula is C12H13ClN4S. The first-order valence-corrected chi connectivity index (χ1v) is 6.75. The summed E-state index contributed by atoms with van der Waals surface area (Å²) in [5, 5.41) is 1.34. The normalized spacial score (nSPS) is 10.6. The number of thioether (sulfide) groups is 1. The van der Waals surface area contributed by atoms with E-state index < -0.39 is 0 Å². The second kappa shape index (κ2) is 5.54. The van der Waals surface area contributed by atoms with E-state index in [1.807, 2.05) is 13.8 Å². The van der Waals surface area contributed by atoms with Crippen LogP contribution in [0.25, 0.3) is 0 Å². The number of nitrogen functional groups attached to an aromatic ring is 1. The van der Waals surface area contributed by atoms with Crippen molar-refractivity contribution in [3.63, 3.8) is 0 Å². The molecule has 0 radical (unpaired) electrons. The minimum atomic E-state index is 0.488. The van der Waals surface area contributed by atoms with Crippen molar-refractivity contribution in [1.82, 2.24) is 15.0 Å². The zero-order valence-electron chi connectivity index (χ0n) is 10.1. The Morgan fingerprint density at radius 1 is 1.28 bits per heavy atom. The molecule has 0 amide bonds. The second-order valence-electron chi connectivity index (χ2n) is 3.92. The van der Waals surface area contributed by atoms with Crippen molar-refractivity contribution in [2.75, 3.05) is 5.73 Å². The van der Waals surface area contributed by atoms with Crippen molar-refractivity contribution in [3.05, 3.63) is 40.3 Å². The van der Waals surface area contributed by atoms with Gasteiger partial charge in [0.2, 0.25) is 0 Å². The van der Waals surface area contributed by atoms with E-state index in [-0.39, 0.29) is 0 Å². The minimum Gasteiger partial charge on any atom is -0.384 e. The van der Waals surface area contributed by atoms with E-state index in [1.54, 1.807) is 18.5 Å². The van der Waals surface area contributed by atoms with Crippen LogP contribution in [0.5, 0.6) is 0 Å². The average Bonchev–Trinajstić information content (AvgIpc) is 2.27. The lowest BCUT2D eigenvalue weighted by Gasteiger charge is -2.07. The van der Waals surface area contributed by atoms with E-state index in [2.05, 4.69) is 15.0 Å². The zero-order chi connectivity index (χ0) is 13.1. The van der Waals surface area contributed by atoms with E-state index in [9.17, 15) is 0 Å². The molecule has 2 aromatic heterocycles. The Morgan fingerprint density at radius 3 is 2.72 bits per heavy atom. The molecule has 0 unspecified atom stereocenters. The number of hydrogen-bond donors (Lipinski definition) is 1. The number of nitrogens with zero attached hydrogens (tertiary/aromatic N) is 3. The van der Waals surface area contributed by atoms with E-state index in [0.717, 1.165) is 16.8 Å². The summed E-state index contributed by atoms with van der Waals surface area (Å²) in [7, 11) is 0. The summed E-state index contributed by atoms with van der Waals surface area (Å²) < 4.78 is 0. The van der Waals surface area contributed by atoms with Crippen molar-refractivity contribution < 1.29 is 0 Å². The predicted molar refractivity (Wildman–Crippen MR) is 74.7 cm³/mol. The lowest BCUT2D eigenvalue weighted by atomic mass is 10.2.